The molecule has 29 heavy (non-hydrogen) atoms. The highest BCUT2D eigenvalue weighted by atomic mass is 16.5. The van der Waals surface area contributed by atoms with Crippen LogP contribution in [0.4, 0.5) is 11.6 Å². The number of nitrogens with zero attached hydrogens (tertiary/aromatic N) is 4. The molecule has 148 valence electrons. The van der Waals surface area contributed by atoms with Crippen LogP contribution in [0, 0.1) is 11.3 Å². The van der Waals surface area contributed by atoms with E-state index in [2.05, 4.69) is 25.5 Å². The second-order valence-electron chi connectivity index (χ2n) is 6.84. The number of hydrogen-bond donors (Lipinski definition) is 3. The Morgan fingerprint density at radius 3 is 2.76 bits per heavy atom. The van der Waals surface area contributed by atoms with E-state index >= 15 is 0 Å². The van der Waals surface area contributed by atoms with E-state index in [4.69, 9.17) is 20.5 Å². The molecular formula is C20H21N7O2. The van der Waals surface area contributed by atoms with Gasteiger partial charge in [0.25, 0.3) is 0 Å². The normalized spacial score (nSPS) is 18.2. The summed E-state index contributed by atoms with van der Waals surface area (Å²) in [6.07, 6.45) is 5.70. The molecule has 1 saturated carbocycles. The number of aromatic amines is 1. The number of anilines is 2. The first kappa shape index (κ1) is 18.7. The van der Waals surface area contributed by atoms with E-state index in [-0.39, 0.29) is 17.8 Å². The van der Waals surface area contributed by atoms with E-state index in [1.54, 1.807) is 7.11 Å². The molecule has 0 bridgehead atoms. The lowest BCUT2D eigenvalue weighted by Gasteiger charge is -2.18. The lowest BCUT2D eigenvalue weighted by atomic mass is 10.1. The number of H-pyrrole nitrogens is 1. The van der Waals surface area contributed by atoms with Gasteiger partial charge < -0.3 is 20.5 Å². The van der Waals surface area contributed by atoms with Gasteiger partial charge in [-0.15, -0.1) is 0 Å². The van der Waals surface area contributed by atoms with Gasteiger partial charge in [-0.2, -0.15) is 10.4 Å². The van der Waals surface area contributed by atoms with Gasteiger partial charge in [0.15, 0.2) is 11.5 Å². The van der Waals surface area contributed by atoms with Gasteiger partial charge in [0.2, 0.25) is 0 Å². The molecule has 0 saturated heterocycles. The van der Waals surface area contributed by atoms with Crippen molar-refractivity contribution in [2.45, 2.75) is 31.4 Å². The minimum Gasteiger partial charge on any atom is -0.496 e. The Labute approximate surface area is 167 Å². The maximum absolute atomic E-state index is 8.82. The van der Waals surface area contributed by atoms with Crippen LogP contribution in [0.2, 0.25) is 0 Å². The third-order valence-corrected chi connectivity index (χ3v) is 4.80. The van der Waals surface area contributed by atoms with Crippen molar-refractivity contribution in [3.8, 4) is 28.8 Å². The van der Waals surface area contributed by atoms with Gasteiger partial charge in [-0.3, -0.25) is 5.10 Å². The van der Waals surface area contributed by atoms with Crippen molar-refractivity contribution in [1.29, 1.82) is 5.26 Å². The van der Waals surface area contributed by atoms with Crippen molar-refractivity contribution in [2.24, 2.45) is 5.73 Å². The van der Waals surface area contributed by atoms with Crippen LogP contribution < -0.4 is 20.5 Å². The molecule has 0 amide bonds. The molecule has 0 spiro atoms. The zero-order valence-corrected chi connectivity index (χ0v) is 15.9. The summed E-state index contributed by atoms with van der Waals surface area (Å²) in [5.41, 5.74) is 7.80. The van der Waals surface area contributed by atoms with Crippen LogP contribution in [0.5, 0.6) is 11.5 Å². The Bertz CT molecular complexity index is 1030. The molecule has 1 aliphatic carbocycles. The van der Waals surface area contributed by atoms with Gasteiger partial charge in [-0.25, -0.2) is 9.97 Å². The maximum Gasteiger partial charge on any atom is 0.158 e. The molecule has 0 radical (unpaired) electrons. The number of aromatic nitrogens is 4. The van der Waals surface area contributed by atoms with Gasteiger partial charge in [-0.1, -0.05) is 6.07 Å². The lowest BCUT2D eigenvalue weighted by molar-refractivity contribution is 0.208. The van der Waals surface area contributed by atoms with Crippen LogP contribution in [0.1, 0.15) is 25.0 Å². The van der Waals surface area contributed by atoms with Gasteiger partial charge in [0.05, 0.1) is 30.8 Å². The topological polar surface area (TPSA) is 135 Å². The van der Waals surface area contributed by atoms with Crippen molar-refractivity contribution in [3.63, 3.8) is 0 Å². The molecule has 9 nitrogen and oxygen atoms in total. The zero-order chi connectivity index (χ0) is 20.2. The summed E-state index contributed by atoms with van der Waals surface area (Å²) in [4.78, 5) is 8.13. The second-order valence-corrected chi connectivity index (χ2v) is 6.84. The molecule has 4 rings (SSSR count). The molecule has 9 heteroatoms. The van der Waals surface area contributed by atoms with Crippen LogP contribution in [0.25, 0.3) is 11.3 Å². The fourth-order valence-corrected chi connectivity index (χ4v) is 3.40. The fraction of sp³-hybridized carbons (Fsp3) is 0.300. The molecule has 2 atom stereocenters. The molecular weight excluding hydrogens is 370 g/mol. The summed E-state index contributed by atoms with van der Waals surface area (Å²) >= 11 is 0. The van der Waals surface area contributed by atoms with Gasteiger partial charge in [-0.05, 0) is 31.4 Å². The Kier molecular flexibility index (Phi) is 5.27. The van der Waals surface area contributed by atoms with Crippen molar-refractivity contribution in [3.05, 3.63) is 42.4 Å². The molecule has 2 aromatic heterocycles. The Hall–Kier alpha value is -3.64. The minimum atomic E-state index is 0.0882. The highest BCUT2D eigenvalue weighted by Crippen LogP contribution is 2.39. The summed E-state index contributed by atoms with van der Waals surface area (Å²) in [6.45, 7) is 0. The number of rotatable bonds is 6. The van der Waals surface area contributed by atoms with Crippen LogP contribution in [0.15, 0.2) is 36.7 Å². The number of benzene rings is 1. The first-order valence-corrected chi connectivity index (χ1v) is 9.30. The largest absolute Gasteiger partial charge is 0.496 e. The lowest BCUT2D eigenvalue weighted by Crippen LogP contribution is -2.19. The third-order valence-electron chi connectivity index (χ3n) is 4.80. The molecule has 0 aliphatic heterocycles. The highest BCUT2D eigenvalue weighted by Gasteiger charge is 2.25. The average molecular weight is 391 g/mol. The standard InChI is InChI=1S/C20H21N7O2/c1-28-16-3-2-4-17(29-14-6-5-12(22)7-14)20(16)15-8-18(27-26-15)25-19-11-23-13(9-21)10-24-19/h2-4,8,10-12,14H,5-7,22H2,1H3,(H2,24,25,26,27)/t12-,14+/m1/s1. The van der Waals surface area contributed by atoms with Crippen molar-refractivity contribution in [1.82, 2.24) is 20.2 Å². The predicted octanol–water partition coefficient (Wildman–Crippen LogP) is 2.75. The van der Waals surface area contributed by atoms with Crippen molar-refractivity contribution in [2.75, 3.05) is 12.4 Å². The van der Waals surface area contributed by atoms with Crippen LogP contribution in [0.3, 0.4) is 0 Å². The fourth-order valence-electron chi connectivity index (χ4n) is 3.40. The second kappa shape index (κ2) is 8.16. The van der Waals surface area contributed by atoms with Gasteiger partial charge in [0, 0.05) is 12.1 Å². The van der Waals surface area contributed by atoms with E-state index in [0.717, 1.165) is 36.3 Å². The van der Waals surface area contributed by atoms with Crippen LogP contribution >= 0.6 is 0 Å². The summed E-state index contributed by atoms with van der Waals surface area (Å²) in [7, 11) is 1.62. The van der Waals surface area contributed by atoms with E-state index < -0.39 is 0 Å². The summed E-state index contributed by atoms with van der Waals surface area (Å²) in [5, 5.41) is 19.2. The molecule has 1 fully saturated rings. The van der Waals surface area contributed by atoms with Crippen molar-refractivity contribution < 1.29 is 9.47 Å². The molecule has 3 aromatic rings. The SMILES string of the molecule is COc1cccc(O[C@H]2CC[C@@H](N)C2)c1-c1cc(Nc2cnc(C#N)cn2)n[nH]1. The van der Waals surface area contributed by atoms with Crippen LogP contribution in [-0.2, 0) is 0 Å². The highest BCUT2D eigenvalue weighted by molar-refractivity contribution is 5.76. The van der Waals surface area contributed by atoms with E-state index in [9.17, 15) is 0 Å². The molecule has 1 aromatic carbocycles. The number of nitriles is 1. The number of nitrogens with two attached hydrogens (primary N) is 1. The predicted molar refractivity (Wildman–Crippen MR) is 107 cm³/mol. The zero-order valence-electron chi connectivity index (χ0n) is 15.9. The number of hydrogen-bond acceptors (Lipinski definition) is 8. The number of nitrogens with one attached hydrogen (secondary N) is 2. The van der Waals surface area contributed by atoms with E-state index in [1.807, 2.05) is 30.3 Å². The molecule has 0 unspecified atom stereocenters. The average Bonchev–Trinajstić information content (AvgIpc) is 3.37. The molecule has 2 heterocycles. The molecule has 1 aliphatic rings. The van der Waals surface area contributed by atoms with E-state index in [1.165, 1.54) is 12.4 Å². The van der Waals surface area contributed by atoms with Crippen molar-refractivity contribution >= 4 is 11.6 Å². The summed E-state index contributed by atoms with van der Waals surface area (Å²) < 4.78 is 11.8. The Morgan fingerprint density at radius 1 is 1.21 bits per heavy atom. The number of ether oxygens (including phenoxy) is 2. The summed E-state index contributed by atoms with van der Waals surface area (Å²) in [6, 6.07) is 9.65. The number of methoxy groups -OCH3 is 1. The monoisotopic (exact) mass is 391 g/mol. The minimum absolute atomic E-state index is 0.0882. The Balaban J connectivity index is 1.59. The first-order chi connectivity index (χ1) is 14.2. The van der Waals surface area contributed by atoms with Crippen LogP contribution in [-0.4, -0.2) is 39.4 Å². The summed E-state index contributed by atoms with van der Waals surface area (Å²) in [5.74, 6) is 2.44. The first-order valence-electron chi connectivity index (χ1n) is 9.30. The smallest absolute Gasteiger partial charge is 0.158 e. The quantitative estimate of drug-likeness (QED) is 0.584. The Morgan fingerprint density at radius 2 is 2.07 bits per heavy atom. The maximum atomic E-state index is 8.82. The molecule has 4 N–H and O–H groups in total. The third kappa shape index (κ3) is 4.12. The van der Waals surface area contributed by atoms with Gasteiger partial charge in [0.1, 0.15) is 29.5 Å². The van der Waals surface area contributed by atoms with E-state index in [0.29, 0.717) is 17.4 Å². The van der Waals surface area contributed by atoms with Gasteiger partial charge >= 0.3 is 0 Å².